The van der Waals surface area contributed by atoms with Gasteiger partial charge in [0.25, 0.3) is 0 Å². The fourth-order valence-corrected chi connectivity index (χ4v) is 1.74. The summed E-state index contributed by atoms with van der Waals surface area (Å²) in [7, 11) is 1.44. The number of halogens is 1. The summed E-state index contributed by atoms with van der Waals surface area (Å²) in [5.41, 5.74) is 1.70. The number of rotatable bonds is 1. The Kier molecular flexibility index (Phi) is 1.96. The molecular weight excluding hydrogens is 171 g/mol. The van der Waals surface area contributed by atoms with Crippen LogP contribution in [0.1, 0.15) is 23.7 Å². The van der Waals surface area contributed by atoms with Crippen LogP contribution >= 0.6 is 0 Å². The fourth-order valence-electron chi connectivity index (χ4n) is 1.74. The number of aryl methyl sites for hydroxylation is 1. The Morgan fingerprint density at radius 3 is 3.00 bits per heavy atom. The van der Waals surface area contributed by atoms with Crippen LogP contribution in [0.2, 0.25) is 0 Å². The van der Waals surface area contributed by atoms with E-state index in [9.17, 15) is 9.50 Å². The first-order valence-electron chi connectivity index (χ1n) is 4.26. The van der Waals surface area contributed by atoms with Crippen molar-refractivity contribution in [3.8, 4) is 5.75 Å². The Morgan fingerprint density at radius 2 is 2.31 bits per heavy atom. The van der Waals surface area contributed by atoms with E-state index in [-0.39, 0.29) is 5.75 Å². The fraction of sp³-hybridized carbons (Fsp3) is 0.400. The van der Waals surface area contributed by atoms with Gasteiger partial charge in [0.2, 0.25) is 0 Å². The number of ether oxygens (including phenoxy) is 1. The van der Waals surface area contributed by atoms with Crippen LogP contribution in [0.3, 0.4) is 0 Å². The molecule has 0 spiro atoms. The maximum Gasteiger partial charge on any atom is 0.165 e. The van der Waals surface area contributed by atoms with E-state index in [4.69, 9.17) is 4.74 Å². The zero-order valence-corrected chi connectivity index (χ0v) is 7.38. The van der Waals surface area contributed by atoms with E-state index in [1.54, 1.807) is 6.07 Å². The summed E-state index contributed by atoms with van der Waals surface area (Å²) in [6, 6.07) is 3.03. The molecule has 0 saturated heterocycles. The lowest BCUT2D eigenvalue weighted by atomic mass is 10.1. The number of aliphatic hydroxyl groups is 1. The minimum absolute atomic E-state index is 0.257. The van der Waals surface area contributed by atoms with Crippen LogP contribution in [0, 0.1) is 5.82 Å². The monoisotopic (exact) mass is 182 g/mol. The third-order valence-corrected chi connectivity index (χ3v) is 2.46. The van der Waals surface area contributed by atoms with Crippen LogP contribution in [0.4, 0.5) is 4.39 Å². The maximum atomic E-state index is 13.2. The normalized spacial score (nSPS) is 20.1. The Labute approximate surface area is 76.0 Å². The average Bonchev–Trinajstić information content (AvgIpc) is 2.47. The SMILES string of the molecule is COc1cc2c(cc1F)C(O)CC2. The molecule has 0 bridgehead atoms. The molecule has 0 aliphatic heterocycles. The predicted octanol–water partition coefficient (Wildman–Crippen LogP) is 1.81. The quantitative estimate of drug-likeness (QED) is 0.717. The summed E-state index contributed by atoms with van der Waals surface area (Å²) in [5.74, 6) is -0.143. The van der Waals surface area contributed by atoms with E-state index in [0.29, 0.717) is 12.0 Å². The standard InChI is InChI=1S/C10H11FO2/c1-13-10-4-6-2-3-9(12)7(6)5-8(10)11/h4-5,9,12H,2-3H2,1H3. The molecule has 0 saturated carbocycles. The van der Waals surface area contributed by atoms with E-state index in [1.807, 2.05) is 0 Å². The Hall–Kier alpha value is -1.09. The highest BCUT2D eigenvalue weighted by atomic mass is 19.1. The summed E-state index contributed by atoms with van der Waals surface area (Å²) >= 11 is 0. The lowest BCUT2D eigenvalue weighted by molar-refractivity contribution is 0.179. The van der Waals surface area contributed by atoms with Gasteiger partial charge in [-0.3, -0.25) is 0 Å². The van der Waals surface area contributed by atoms with Gasteiger partial charge in [-0.1, -0.05) is 0 Å². The summed E-state index contributed by atoms with van der Waals surface area (Å²) in [6.07, 6.45) is 0.977. The van der Waals surface area contributed by atoms with E-state index in [1.165, 1.54) is 13.2 Å². The first-order valence-corrected chi connectivity index (χ1v) is 4.26. The second kappa shape index (κ2) is 3.00. The first-order chi connectivity index (χ1) is 6.22. The highest BCUT2D eigenvalue weighted by Gasteiger charge is 2.22. The van der Waals surface area contributed by atoms with Gasteiger partial charge in [0.1, 0.15) is 0 Å². The molecule has 1 aromatic carbocycles. The molecule has 1 atom stereocenters. The molecular formula is C10H11FO2. The van der Waals surface area contributed by atoms with Crippen molar-refractivity contribution in [3.63, 3.8) is 0 Å². The molecule has 0 amide bonds. The molecule has 1 aliphatic rings. The van der Waals surface area contributed by atoms with Gasteiger partial charge < -0.3 is 9.84 Å². The van der Waals surface area contributed by atoms with Crippen molar-refractivity contribution in [1.82, 2.24) is 0 Å². The van der Waals surface area contributed by atoms with Gasteiger partial charge in [-0.2, -0.15) is 0 Å². The van der Waals surface area contributed by atoms with Gasteiger partial charge in [-0.25, -0.2) is 4.39 Å². The zero-order valence-electron chi connectivity index (χ0n) is 7.38. The lowest BCUT2D eigenvalue weighted by Gasteiger charge is -2.07. The number of benzene rings is 1. The molecule has 1 N–H and O–H groups in total. The molecule has 70 valence electrons. The van der Waals surface area contributed by atoms with Gasteiger partial charge in [0.15, 0.2) is 11.6 Å². The third kappa shape index (κ3) is 1.29. The van der Waals surface area contributed by atoms with Crippen molar-refractivity contribution in [1.29, 1.82) is 0 Å². The highest BCUT2D eigenvalue weighted by molar-refractivity contribution is 5.40. The van der Waals surface area contributed by atoms with Crippen LogP contribution in [0.25, 0.3) is 0 Å². The Morgan fingerprint density at radius 1 is 1.54 bits per heavy atom. The second-order valence-corrected chi connectivity index (χ2v) is 3.24. The van der Waals surface area contributed by atoms with E-state index in [2.05, 4.69) is 0 Å². The number of hydrogen-bond donors (Lipinski definition) is 1. The van der Waals surface area contributed by atoms with Crippen LogP contribution in [0.15, 0.2) is 12.1 Å². The minimum atomic E-state index is -0.504. The van der Waals surface area contributed by atoms with E-state index in [0.717, 1.165) is 12.0 Å². The van der Waals surface area contributed by atoms with Crippen LogP contribution < -0.4 is 4.74 Å². The number of aliphatic hydroxyl groups excluding tert-OH is 1. The first kappa shape index (κ1) is 8.51. The largest absolute Gasteiger partial charge is 0.494 e. The zero-order chi connectivity index (χ0) is 9.42. The van der Waals surface area contributed by atoms with Crippen LogP contribution in [-0.4, -0.2) is 12.2 Å². The van der Waals surface area contributed by atoms with Crippen molar-refractivity contribution in [2.24, 2.45) is 0 Å². The Balaban J connectivity index is 2.50. The molecule has 1 aromatic rings. The second-order valence-electron chi connectivity index (χ2n) is 3.24. The molecule has 1 aliphatic carbocycles. The van der Waals surface area contributed by atoms with Gasteiger partial charge >= 0.3 is 0 Å². The molecule has 2 nitrogen and oxygen atoms in total. The summed E-state index contributed by atoms with van der Waals surface area (Å²) < 4.78 is 18.0. The number of methoxy groups -OCH3 is 1. The molecule has 13 heavy (non-hydrogen) atoms. The molecule has 0 aromatic heterocycles. The molecule has 1 unspecified atom stereocenters. The third-order valence-electron chi connectivity index (χ3n) is 2.46. The summed E-state index contributed by atoms with van der Waals surface area (Å²) in [4.78, 5) is 0. The number of fused-ring (bicyclic) bond motifs is 1. The molecule has 0 radical (unpaired) electrons. The van der Waals surface area contributed by atoms with Crippen LogP contribution in [-0.2, 0) is 6.42 Å². The summed E-state index contributed by atoms with van der Waals surface area (Å²) in [6.45, 7) is 0. The molecule has 0 fully saturated rings. The van der Waals surface area contributed by atoms with Gasteiger partial charge in [0, 0.05) is 0 Å². The average molecular weight is 182 g/mol. The molecule has 2 rings (SSSR count). The Bertz CT molecular complexity index is 336. The van der Waals surface area contributed by atoms with Crippen LogP contribution in [0.5, 0.6) is 5.75 Å². The number of hydrogen-bond acceptors (Lipinski definition) is 2. The van der Waals surface area contributed by atoms with Crippen molar-refractivity contribution in [2.75, 3.05) is 7.11 Å². The topological polar surface area (TPSA) is 29.5 Å². The van der Waals surface area contributed by atoms with Crippen molar-refractivity contribution in [2.45, 2.75) is 18.9 Å². The summed E-state index contributed by atoms with van der Waals surface area (Å²) in [5, 5.41) is 9.46. The molecule has 0 heterocycles. The van der Waals surface area contributed by atoms with Gasteiger partial charge in [-0.05, 0) is 36.1 Å². The smallest absolute Gasteiger partial charge is 0.165 e. The van der Waals surface area contributed by atoms with E-state index >= 15 is 0 Å². The maximum absolute atomic E-state index is 13.2. The lowest BCUT2D eigenvalue weighted by Crippen LogP contribution is -1.94. The van der Waals surface area contributed by atoms with Crippen molar-refractivity contribution < 1.29 is 14.2 Å². The van der Waals surface area contributed by atoms with Gasteiger partial charge in [-0.15, -0.1) is 0 Å². The predicted molar refractivity (Wildman–Crippen MR) is 46.2 cm³/mol. The van der Waals surface area contributed by atoms with E-state index < -0.39 is 11.9 Å². The highest BCUT2D eigenvalue weighted by Crippen LogP contribution is 2.34. The van der Waals surface area contributed by atoms with Crippen molar-refractivity contribution in [3.05, 3.63) is 29.1 Å². The van der Waals surface area contributed by atoms with Gasteiger partial charge in [0.05, 0.1) is 13.2 Å². The minimum Gasteiger partial charge on any atom is -0.494 e. The molecule has 3 heteroatoms. The van der Waals surface area contributed by atoms with Crippen molar-refractivity contribution >= 4 is 0 Å².